The van der Waals surface area contributed by atoms with Gasteiger partial charge in [-0.25, -0.2) is 0 Å². The molecule has 0 fully saturated rings. The van der Waals surface area contributed by atoms with E-state index in [-0.39, 0.29) is 0 Å². The molecule has 8 heteroatoms. The zero-order valence-electron chi connectivity index (χ0n) is 12.8. The number of rotatable bonds is 9. The van der Waals surface area contributed by atoms with Crippen molar-refractivity contribution in [1.29, 1.82) is 0 Å². The molecule has 2 aromatic rings. The van der Waals surface area contributed by atoms with Crippen molar-refractivity contribution in [2.24, 2.45) is 0 Å². The summed E-state index contributed by atoms with van der Waals surface area (Å²) in [5, 5.41) is 14.3. The summed E-state index contributed by atoms with van der Waals surface area (Å²) in [6.45, 7) is 6.13. The highest BCUT2D eigenvalue weighted by Gasteiger charge is 2.09. The van der Waals surface area contributed by atoms with Crippen molar-refractivity contribution in [2.45, 2.75) is 6.92 Å². The van der Waals surface area contributed by atoms with E-state index in [0.717, 1.165) is 49.6 Å². The van der Waals surface area contributed by atoms with Gasteiger partial charge in [-0.2, -0.15) is 15.1 Å². The Morgan fingerprint density at radius 2 is 2.14 bits per heavy atom. The Bertz CT molecular complexity index is 556. The topological polar surface area (TPSA) is 91.0 Å². The summed E-state index contributed by atoms with van der Waals surface area (Å²) in [6.07, 6.45) is 1.74. The average molecular weight is 293 g/mol. The molecule has 0 saturated carbocycles. The molecule has 3 N–H and O–H groups in total. The van der Waals surface area contributed by atoms with Crippen LogP contribution in [0.2, 0.25) is 0 Å². The van der Waals surface area contributed by atoms with E-state index in [1.807, 2.05) is 6.92 Å². The third kappa shape index (κ3) is 4.27. The molecule has 2 rings (SSSR count). The summed E-state index contributed by atoms with van der Waals surface area (Å²) < 4.78 is 5.06. The van der Waals surface area contributed by atoms with Crippen molar-refractivity contribution in [3.05, 3.63) is 6.20 Å². The maximum atomic E-state index is 5.06. The number of H-pyrrole nitrogens is 1. The molecule has 0 unspecified atom stereocenters. The van der Waals surface area contributed by atoms with Gasteiger partial charge in [0.1, 0.15) is 5.82 Å². The van der Waals surface area contributed by atoms with Crippen LogP contribution in [0, 0.1) is 0 Å². The predicted octanol–water partition coefficient (Wildman–Crippen LogP) is 0.775. The Morgan fingerprint density at radius 3 is 2.90 bits per heavy atom. The fourth-order valence-corrected chi connectivity index (χ4v) is 1.93. The summed E-state index contributed by atoms with van der Waals surface area (Å²) in [7, 11) is 3.78. The molecule has 2 aromatic heterocycles. The van der Waals surface area contributed by atoms with E-state index in [0.29, 0.717) is 5.95 Å². The molecule has 0 atom stereocenters. The van der Waals surface area contributed by atoms with E-state index in [1.165, 1.54) is 0 Å². The first-order valence-corrected chi connectivity index (χ1v) is 7.11. The van der Waals surface area contributed by atoms with Crippen LogP contribution in [0.4, 0.5) is 11.8 Å². The second-order valence-electron chi connectivity index (χ2n) is 4.78. The summed E-state index contributed by atoms with van der Waals surface area (Å²) in [6, 6.07) is 0. The van der Waals surface area contributed by atoms with Crippen LogP contribution >= 0.6 is 0 Å². The molecular formula is C13H23N7O. The molecule has 0 aliphatic rings. The van der Waals surface area contributed by atoms with Crippen LogP contribution in [-0.2, 0) is 4.74 Å². The van der Waals surface area contributed by atoms with Crippen LogP contribution in [0.1, 0.15) is 6.92 Å². The second kappa shape index (κ2) is 7.75. The molecule has 0 amide bonds. The Morgan fingerprint density at radius 1 is 1.29 bits per heavy atom. The fraction of sp³-hybridized carbons (Fsp3) is 0.615. The minimum atomic E-state index is 0.601. The van der Waals surface area contributed by atoms with Gasteiger partial charge in [-0.05, 0) is 14.0 Å². The fourth-order valence-electron chi connectivity index (χ4n) is 1.93. The van der Waals surface area contributed by atoms with E-state index in [4.69, 9.17) is 4.74 Å². The van der Waals surface area contributed by atoms with Crippen molar-refractivity contribution >= 4 is 22.8 Å². The molecule has 21 heavy (non-hydrogen) atoms. The third-order valence-electron chi connectivity index (χ3n) is 3.11. The molecule has 0 bridgehead atoms. The highest BCUT2D eigenvalue weighted by atomic mass is 16.5. The standard InChI is InChI=1S/C13H23N7O/c1-4-14-13-17-11(10-9-16-19-12(10)18-13)15-5-6-20(2)7-8-21-3/h9H,4-8H2,1-3H3,(H3,14,15,16,17,18,19). The first-order chi connectivity index (χ1) is 10.2. The quantitative estimate of drug-likeness (QED) is 0.629. The number of anilines is 2. The second-order valence-corrected chi connectivity index (χ2v) is 4.78. The number of aromatic amines is 1. The number of aromatic nitrogens is 4. The number of ether oxygens (including phenoxy) is 1. The normalized spacial score (nSPS) is 11.2. The molecule has 0 spiro atoms. The van der Waals surface area contributed by atoms with Gasteiger partial charge in [0.05, 0.1) is 18.2 Å². The monoisotopic (exact) mass is 293 g/mol. The van der Waals surface area contributed by atoms with Gasteiger partial charge in [-0.1, -0.05) is 0 Å². The zero-order chi connectivity index (χ0) is 15.1. The number of fused-ring (bicyclic) bond motifs is 1. The van der Waals surface area contributed by atoms with Gasteiger partial charge in [-0.15, -0.1) is 0 Å². The first kappa shape index (κ1) is 15.5. The lowest BCUT2D eigenvalue weighted by molar-refractivity contribution is 0.163. The molecule has 0 aliphatic heterocycles. The molecule has 2 heterocycles. The first-order valence-electron chi connectivity index (χ1n) is 7.11. The lowest BCUT2D eigenvalue weighted by atomic mass is 10.4. The van der Waals surface area contributed by atoms with Crippen molar-refractivity contribution in [2.75, 3.05) is 57.6 Å². The van der Waals surface area contributed by atoms with Crippen LogP contribution in [0.15, 0.2) is 6.20 Å². The van der Waals surface area contributed by atoms with Gasteiger partial charge < -0.3 is 20.3 Å². The van der Waals surface area contributed by atoms with Crippen molar-refractivity contribution in [3.8, 4) is 0 Å². The molecule has 8 nitrogen and oxygen atoms in total. The lowest BCUT2D eigenvalue weighted by Gasteiger charge is -2.16. The van der Waals surface area contributed by atoms with Crippen LogP contribution < -0.4 is 10.6 Å². The molecule has 0 aliphatic carbocycles. The van der Waals surface area contributed by atoms with Gasteiger partial charge >= 0.3 is 0 Å². The smallest absolute Gasteiger partial charge is 0.226 e. The lowest BCUT2D eigenvalue weighted by Crippen LogP contribution is -2.28. The minimum Gasteiger partial charge on any atom is -0.383 e. The van der Waals surface area contributed by atoms with E-state index in [2.05, 4.69) is 42.7 Å². The number of likely N-dealkylation sites (N-methyl/N-ethyl adjacent to an activating group) is 1. The van der Waals surface area contributed by atoms with E-state index < -0.39 is 0 Å². The summed E-state index contributed by atoms with van der Waals surface area (Å²) in [5.41, 5.74) is 0.733. The van der Waals surface area contributed by atoms with Gasteiger partial charge in [-0.3, -0.25) is 5.10 Å². The Balaban J connectivity index is 1.98. The third-order valence-corrected chi connectivity index (χ3v) is 3.11. The zero-order valence-corrected chi connectivity index (χ0v) is 12.8. The summed E-state index contributed by atoms with van der Waals surface area (Å²) >= 11 is 0. The highest BCUT2D eigenvalue weighted by Crippen LogP contribution is 2.19. The van der Waals surface area contributed by atoms with Gasteiger partial charge in [0.25, 0.3) is 0 Å². The molecule has 0 radical (unpaired) electrons. The van der Waals surface area contributed by atoms with E-state index in [9.17, 15) is 0 Å². The predicted molar refractivity (Wildman–Crippen MR) is 83.7 cm³/mol. The van der Waals surface area contributed by atoms with Crippen molar-refractivity contribution < 1.29 is 4.74 Å². The van der Waals surface area contributed by atoms with Crippen molar-refractivity contribution in [3.63, 3.8) is 0 Å². The maximum Gasteiger partial charge on any atom is 0.226 e. The van der Waals surface area contributed by atoms with Gasteiger partial charge in [0, 0.05) is 33.3 Å². The minimum absolute atomic E-state index is 0.601. The van der Waals surface area contributed by atoms with Crippen LogP contribution in [0.5, 0.6) is 0 Å². The Hall–Kier alpha value is -1.93. The number of hydrogen-bond donors (Lipinski definition) is 3. The van der Waals surface area contributed by atoms with Crippen molar-refractivity contribution in [1.82, 2.24) is 25.1 Å². The highest BCUT2D eigenvalue weighted by molar-refractivity contribution is 5.86. The largest absolute Gasteiger partial charge is 0.383 e. The maximum absolute atomic E-state index is 5.06. The van der Waals surface area contributed by atoms with Crippen LogP contribution in [-0.4, -0.2) is 72.0 Å². The number of nitrogens with one attached hydrogen (secondary N) is 3. The molecule has 0 saturated heterocycles. The van der Waals surface area contributed by atoms with Gasteiger partial charge in [0.2, 0.25) is 5.95 Å². The summed E-state index contributed by atoms with van der Waals surface area (Å²) in [5.74, 6) is 1.40. The van der Waals surface area contributed by atoms with Crippen LogP contribution in [0.25, 0.3) is 11.0 Å². The Kier molecular flexibility index (Phi) is 5.70. The number of hydrogen-bond acceptors (Lipinski definition) is 7. The van der Waals surface area contributed by atoms with E-state index >= 15 is 0 Å². The Labute approximate surface area is 124 Å². The summed E-state index contributed by atoms with van der Waals surface area (Å²) in [4.78, 5) is 11.1. The van der Waals surface area contributed by atoms with Gasteiger partial charge in [0.15, 0.2) is 5.65 Å². The molecule has 0 aromatic carbocycles. The molecule has 116 valence electrons. The SMILES string of the molecule is CCNc1nc(NCCN(C)CCOC)c2cn[nH]c2n1. The van der Waals surface area contributed by atoms with Crippen LogP contribution in [0.3, 0.4) is 0 Å². The molecular weight excluding hydrogens is 270 g/mol. The average Bonchev–Trinajstić information content (AvgIpc) is 2.94. The number of nitrogens with zero attached hydrogens (tertiary/aromatic N) is 4. The van der Waals surface area contributed by atoms with E-state index in [1.54, 1.807) is 13.3 Å². The number of methoxy groups -OCH3 is 1.